The summed E-state index contributed by atoms with van der Waals surface area (Å²) in [6.07, 6.45) is 3.13. The van der Waals surface area contributed by atoms with Gasteiger partial charge in [0.15, 0.2) is 5.16 Å². The zero-order valence-electron chi connectivity index (χ0n) is 9.26. The molecule has 5 nitrogen and oxygen atoms in total. The molecule has 0 fully saturated rings. The summed E-state index contributed by atoms with van der Waals surface area (Å²) in [6, 6.07) is 1.41. The average Bonchev–Trinajstić information content (AvgIpc) is 2.36. The minimum Gasteiger partial charge on any atom is -0.352 e. The second-order valence-corrected chi connectivity index (χ2v) is 4.71. The first-order valence-corrected chi connectivity index (χ1v) is 6.28. The molecule has 1 aromatic rings. The standard InChI is InChI=1S/C11H13N3O2S/c1-2-4-12-10(16)8-6-14-9(15)3-5-13-11(14)17-7-8/h2-3,5,8H,1,4,6-7H2,(H,12,16). The van der Waals surface area contributed by atoms with E-state index < -0.39 is 0 Å². The second kappa shape index (κ2) is 5.18. The van der Waals surface area contributed by atoms with Crippen molar-refractivity contribution in [3.63, 3.8) is 0 Å². The van der Waals surface area contributed by atoms with Crippen molar-refractivity contribution in [3.05, 3.63) is 35.3 Å². The van der Waals surface area contributed by atoms with Gasteiger partial charge in [-0.25, -0.2) is 4.98 Å². The van der Waals surface area contributed by atoms with Crippen molar-refractivity contribution in [1.29, 1.82) is 0 Å². The number of carbonyl (C=O) groups is 1. The van der Waals surface area contributed by atoms with Crippen molar-refractivity contribution in [2.24, 2.45) is 5.92 Å². The van der Waals surface area contributed by atoms with Gasteiger partial charge in [0.25, 0.3) is 5.56 Å². The van der Waals surface area contributed by atoms with Crippen molar-refractivity contribution in [1.82, 2.24) is 14.9 Å². The van der Waals surface area contributed by atoms with E-state index in [1.54, 1.807) is 10.6 Å². The number of hydrogen-bond donors (Lipinski definition) is 1. The molecule has 17 heavy (non-hydrogen) atoms. The smallest absolute Gasteiger partial charge is 0.254 e. The summed E-state index contributed by atoms with van der Waals surface area (Å²) in [4.78, 5) is 27.5. The third-order valence-corrected chi connectivity index (χ3v) is 3.66. The molecule has 1 aliphatic heterocycles. The number of carbonyl (C=O) groups excluding carboxylic acids is 1. The average molecular weight is 251 g/mol. The van der Waals surface area contributed by atoms with Gasteiger partial charge in [0.1, 0.15) is 0 Å². The highest BCUT2D eigenvalue weighted by Crippen LogP contribution is 2.24. The van der Waals surface area contributed by atoms with Crippen molar-refractivity contribution in [3.8, 4) is 0 Å². The van der Waals surface area contributed by atoms with Gasteiger partial charge in [-0.3, -0.25) is 14.2 Å². The molecular formula is C11H13N3O2S. The van der Waals surface area contributed by atoms with E-state index in [4.69, 9.17) is 0 Å². The van der Waals surface area contributed by atoms with E-state index >= 15 is 0 Å². The van der Waals surface area contributed by atoms with Crippen LogP contribution < -0.4 is 10.9 Å². The summed E-state index contributed by atoms with van der Waals surface area (Å²) < 4.78 is 1.55. The molecule has 2 rings (SSSR count). The van der Waals surface area contributed by atoms with Crippen molar-refractivity contribution in [2.75, 3.05) is 12.3 Å². The van der Waals surface area contributed by atoms with Gasteiger partial charge >= 0.3 is 0 Å². The van der Waals surface area contributed by atoms with Crippen LogP contribution in [0.25, 0.3) is 0 Å². The molecule has 6 heteroatoms. The SMILES string of the molecule is C=CCNC(=O)C1CSc2nccc(=O)n2C1. The van der Waals surface area contributed by atoms with Gasteiger partial charge in [-0.15, -0.1) is 6.58 Å². The normalized spacial score (nSPS) is 18.2. The Morgan fingerprint density at radius 2 is 2.59 bits per heavy atom. The van der Waals surface area contributed by atoms with Crippen LogP contribution in [-0.2, 0) is 11.3 Å². The van der Waals surface area contributed by atoms with Crippen LogP contribution in [0.15, 0.2) is 34.9 Å². The lowest BCUT2D eigenvalue weighted by Crippen LogP contribution is -2.39. The van der Waals surface area contributed by atoms with E-state index in [1.807, 2.05) is 0 Å². The van der Waals surface area contributed by atoms with Crippen LogP contribution in [0.1, 0.15) is 0 Å². The second-order valence-electron chi connectivity index (χ2n) is 3.72. The Morgan fingerprint density at radius 1 is 1.76 bits per heavy atom. The van der Waals surface area contributed by atoms with E-state index in [-0.39, 0.29) is 17.4 Å². The predicted octanol–water partition coefficient (Wildman–Crippen LogP) is 0.267. The highest BCUT2D eigenvalue weighted by Gasteiger charge is 2.25. The number of nitrogens with one attached hydrogen (secondary N) is 1. The zero-order chi connectivity index (χ0) is 12.3. The number of fused-ring (bicyclic) bond motifs is 1. The van der Waals surface area contributed by atoms with Crippen LogP contribution in [0.5, 0.6) is 0 Å². The summed E-state index contributed by atoms with van der Waals surface area (Å²) in [5, 5.41) is 3.43. The molecule has 1 N–H and O–H groups in total. The fourth-order valence-electron chi connectivity index (χ4n) is 1.63. The molecule has 90 valence electrons. The van der Waals surface area contributed by atoms with Crippen LogP contribution in [-0.4, -0.2) is 27.8 Å². The van der Waals surface area contributed by atoms with E-state index in [2.05, 4.69) is 16.9 Å². The third kappa shape index (κ3) is 2.58. The maximum absolute atomic E-state index is 11.8. The summed E-state index contributed by atoms with van der Waals surface area (Å²) in [6.45, 7) is 4.40. The molecule has 0 saturated carbocycles. The summed E-state index contributed by atoms with van der Waals surface area (Å²) in [7, 11) is 0. The van der Waals surface area contributed by atoms with Gasteiger partial charge in [-0.2, -0.15) is 0 Å². The molecule has 0 aromatic carbocycles. The van der Waals surface area contributed by atoms with Crippen LogP contribution in [0, 0.1) is 5.92 Å². The maximum atomic E-state index is 11.8. The molecular weight excluding hydrogens is 238 g/mol. The van der Waals surface area contributed by atoms with Gasteiger partial charge in [0, 0.05) is 31.1 Å². The molecule has 0 saturated heterocycles. The summed E-state index contributed by atoms with van der Waals surface area (Å²) >= 11 is 1.44. The minimum atomic E-state index is -0.186. The number of rotatable bonds is 3. The summed E-state index contributed by atoms with van der Waals surface area (Å²) in [5.74, 6) is 0.424. The number of hydrogen-bond acceptors (Lipinski definition) is 4. The van der Waals surface area contributed by atoms with Crippen LogP contribution in [0.3, 0.4) is 0 Å². The fraction of sp³-hybridized carbons (Fsp3) is 0.364. The van der Waals surface area contributed by atoms with Gasteiger partial charge in [0.2, 0.25) is 5.91 Å². The highest BCUT2D eigenvalue weighted by molar-refractivity contribution is 7.99. The highest BCUT2D eigenvalue weighted by atomic mass is 32.2. The minimum absolute atomic E-state index is 0.0428. The number of aromatic nitrogens is 2. The molecule has 1 unspecified atom stereocenters. The first-order chi connectivity index (χ1) is 8.22. The van der Waals surface area contributed by atoms with Gasteiger partial charge in [-0.05, 0) is 0 Å². The lowest BCUT2D eigenvalue weighted by molar-refractivity contribution is -0.124. The Kier molecular flexibility index (Phi) is 3.63. The Labute approximate surface area is 103 Å². The Hall–Kier alpha value is -1.56. The quantitative estimate of drug-likeness (QED) is 0.618. The van der Waals surface area contributed by atoms with Crippen molar-refractivity contribution >= 4 is 17.7 Å². The molecule has 1 amide bonds. The molecule has 2 heterocycles. The lowest BCUT2D eigenvalue weighted by Gasteiger charge is -2.23. The maximum Gasteiger partial charge on any atom is 0.254 e. The Bertz CT molecular complexity index is 498. The molecule has 0 spiro atoms. The van der Waals surface area contributed by atoms with Crippen LogP contribution in [0.4, 0.5) is 0 Å². The molecule has 1 atom stereocenters. The molecule has 1 aromatic heterocycles. The number of thioether (sulfide) groups is 1. The van der Waals surface area contributed by atoms with Crippen molar-refractivity contribution < 1.29 is 4.79 Å². The monoisotopic (exact) mass is 251 g/mol. The van der Waals surface area contributed by atoms with E-state index in [0.29, 0.717) is 24.0 Å². The van der Waals surface area contributed by atoms with E-state index in [0.717, 1.165) is 0 Å². The zero-order valence-corrected chi connectivity index (χ0v) is 10.1. The largest absolute Gasteiger partial charge is 0.352 e. The molecule has 0 bridgehead atoms. The fourth-order valence-corrected chi connectivity index (χ4v) is 2.69. The lowest BCUT2D eigenvalue weighted by atomic mass is 10.1. The van der Waals surface area contributed by atoms with E-state index in [9.17, 15) is 9.59 Å². The van der Waals surface area contributed by atoms with Gasteiger partial charge in [0.05, 0.1) is 5.92 Å². The molecule has 0 aliphatic carbocycles. The Morgan fingerprint density at radius 3 is 3.35 bits per heavy atom. The number of amides is 1. The van der Waals surface area contributed by atoms with Gasteiger partial charge < -0.3 is 5.32 Å². The summed E-state index contributed by atoms with van der Waals surface area (Å²) in [5.41, 5.74) is -0.108. The molecule has 1 aliphatic rings. The predicted molar refractivity (Wildman–Crippen MR) is 65.9 cm³/mol. The topological polar surface area (TPSA) is 64.0 Å². The Balaban J connectivity index is 2.13. The van der Waals surface area contributed by atoms with E-state index in [1.165, 1.54) is 24.0 Å². The van der Waals surface area contributed by atoms with Crippen LogP contribution in [0.2, 0.25) is 0 Å². The first kappa shape index (κ1) is 11.9. The van der Waals surface area contributed by atoms with Crippen molar-refractivity contribution in [2.45, 2.75) is 11.7 Å². The molecule has 0 radical (unpaired) electrons. The number of nitrogens with zero attached hydrogens (tertiary/aromatic N) is 2. The van der Waals surface area contributed by atoms with Gasteiger partial charge in [-0.1, -0.05) is 17.8 Å². The van der Waals surface area contributed by atoms with Crippen LogP contribution >= 0.6 is 11.8 Å². The third-order valence-electron chi connectivity index (χ3n) is 2.51. The first-order valence-electron chi connectivity index (χ1n) is 5.29.